The molecule has 2 rings (SSSR count). The van der Waals surface area contributed by atoms with E-state index in [1.807, 2.05) is 24.3 Å². The van der Waals surface area contributed by atoms with E-state index in [0.29, 0.717) is 13.2 Å². The van der Waals surface area contributed by atoms with Gasteiger partial charge in [-0.25, -0.2) is 0 Å². The molecule has 0 aliphatic heterocycles. The van der Waals surface area contributed by atoms with E-state index in [4.69, 9.17) is 9.47 Å². The van der Waals surface area contributed by atoms with E-state index >= 15 is 0 Å². The number of aromatic nitrogens is 1. The molecule has 4 heteroatoms. The Balaban J connectivity index is 2.10. The average molecular weight is 247 g/mol. The molecule has 0 radical (unpaired) electrons. The van der Waals surface area contributed by atoms with Gasteiger partial charge in [0.25, 0.3) is 0 Å². The van der Waals surface area contributed by atoms with Crippen LogP contribution in [0.25, 0.3) is 10.8 Å². The maximum Gasteiger partial charge on any atom is 0.103 e. The highest BCUT2D eigenvalue weighted by Gasteiger charge is 2.11. The number of fused-ring (bicyclic) bond motifs is 1. The summed E-state index contributed by atoms with van der Waals surface area (Å²) in [6.07, 6.45) is 2.87. The molecule has 0 aliphatic rings. The first-order valence-corrected chi connectivity index (χ1v) is 5.90. The molecular formula is C14H17NO3. The number of nitrogens with zero attached hydrogens (tertiary/aromatic N) is 1. The molecule has 0 aliphatic carbocycles. The van der Waals surface area contributed by atoms with Crippen molar-refractivity contribution in [1.82, 2.24) is 4.98 Å². The van der Waals surface area contributed by atoms with Crippen LogP contribution in [0.15, 0.2) is 36.7 Å². The van der Waals surface area contributed by atoms with Crippen molar-refractivity contribution in [2.24, 2.45) is 0 Å². The van der Waals surface area contributed by atoms with Crippen LogP contribution in [-0.4, -0.2) is 37.0 Å². The van der Waals surface area contributed by atoms with Crippen molar-refractivity contribution in [3.63, 3.8) is 0 Å². The Labute approximate surface area is 106 Å². The number of ether oxygens (including phenoxy) is 2. The maximum atomic E-state index is 10.1. The van der Waals surface area contributed by atoms with Crippen molar-refractivity contribution in [2.45, 2.75) is 6.10 Å². The van der Waals surface area contributed by atoms with Crippen molar-refractivity contribution in [3.8, 4) is 0 Å². The van der Waals surface area contributed by atoms with Crippen LogP contribution in [-0.2, 0) is 9.47 Å². The lowest BCUT2D eigenvalue weighted by Crippen LogP contribution is -2.10. The SMILES string of the molecule is COCCOCC(O)c1cccc2ccncc12. The standard InChI is InChI=1S/C14H17NO3/c1-17-7-8-18-10-14(16)12-4-2-3-11-5-6-15-9-13(11)12/h2-6,9,14,16H,7-8,10H2,1H3. The van der Waals surface area contributed by atoms with Crippen LogP contribution in [0.3, 0.4) is 0 Å². The van der Waals surface area contributed by atoms with E-state index in [2.05, 4.69) is 4.98 Å². The monoisotopic (exact) mass is 247 g/mol. The second kappa shape index (κ2) is 6.44. The zero-order valence-electron chi connectivity index (χ0n) is 10.4. The molecule has 0 fully saturated rings. The van der Waals surface area contributed by atoms with Gasteiger partial charge in [0.05, 0.1) is 19.8 Å². The Bertz CT molecular complexity index is 496. The predicted octanol–water partition coefficient (Wildman–Crippen LogP) is 1.93. The molecule has 4 nitrogen and oxygen atoms in total. The highest BCUT2D eigenvalue weighted by atomic mass is 16.5. The van der Waals surface area contributed by atoms with E-state index < -0.39 is 6.10 Å². The van der Waals surface area contributed by atoms with Crippen molar-refractivity contribution in [2.75, 3.05) is 26.9 Å². The zero-order chi connectivity index (χ0) is 12.8. The van der Waals surface area contributed by atoms with Crippen LogP contribution in [0.5, 0.6) is 0 Å². The number of methoxy groups -OCH3 is 1. The fraction of sp³-hybridized carbons (Fsp3) is 0.357. The number of rotatable bonds is 6. The molecule has 0 bridgehead atoms. The summed E-state index contributed by atoms with van der Waals surface area (Å²) in [7, 11) is 1.62. The van der Waals surface area contributed by atoms with Crippen molar-refractivity contribution < 1.29 is 14.6 Å². The molecule has 0 spiro atoms. The second-order valence-corrected chi connectivity index (χ2v) is 4.03. The van der Waals surface area contributed by atoms with Crippen LogP contribution in [0.4, 0.5) is 0 Å². The molecule has 1 unspecified atom stereocenters. The minimum absolute atomic E-state index is 0.261. The lowest BCUT2D eigenvalue weighted by molar-refractivity contribution is 0.0131. The Kier molecular flexibility index (Phi) is 4.64. The fourth-order valence-electron chi connectivity index (χ4n) is 1.85. The average Bonchev–Trinajstić information content (AvgIpc) is 2.43. The second-order valence-electron chi connectivity index (χ2n) is 4.03. The van der Waals surface area contributed by atoms with Crippen molar-refractivity contribution in [3.05, 3.63) is 42.2 Å². The van der Waals surface area contributed by atoms with Crippen LogP contribution in [0, 0.1) is 0 Å². The van der Waals surface area contributed by atoms with E-state index in [0.717, 1.165) is 16.3 Å². The minimum atomic E-state index is -0.644. The maximum absolute atomic E-state index is 10.1. The third-order valence-electron chi connectivity index (χ3n) is 2.78. The summed E-state index contributed by atoms with van der Waals surface area (Å²) in [5, 5.41) is 12.2. The van der Waals surface area contributed by atoms with Gasteiger partial charge in [-0.2, -0.15) is 0 Å². The summed E-state index contributed by atoms with van der Waals surface area (Å²) in [4.78, 5) is 4.09. The molecule has 0 saturated heterocycles. The predicted molar refractivity (Wildman–Crippen MR) is 69.4 cm³/mol. The molecule has 0 amide bonds. The summed E-state index contributed by atoms with van der Waals surface area (Å²) < 4.78 is 10.2. The molecule has 0 saturated carbocycles. The number of aliphatic hydroxyl groups is 1. The summed E-state index contributed by atoms with van der Waals surface area (Å²) in [5.41, 5.74) is 0.845. The Hall–Kier alpha value is -1.49. The molecule has 18 heavy (non-hydrogen) atoms. The number of hydrogen-bond acceptors (Lipinski definition) is 4. The van der Waals surface area contributed by atoms with E-state index in [1.165, 1.54) is 0 Å². The zero-order valence-corrected chi connectivity index (χ0v) is 10.4. The fourth-order valence-corrected chi connectivity index (χ4v) is 1.85. The highest BCUT2D eigenvalue weighted by Crippen LogP contribution is 2.23. The van der Waals surface area contributed by atoms with Crippen LogP contribution in [0.2, 0.25) is 0 Å². The van der Waals surface area contributed by atoms with Gasteiger partial charge in [-0.05, 0) is 17.0 Å². The van der Waals surface area contributed by atoms with Gasteiger partial charge in [0.15, 0.2) is 0 Å². The molecule has 2 aromatic rings. The summed E-state index contributed by atoms with van der Waals surface area (Å²) in [5.74, 6) is 0. The van der Waals surface area contributed by atoms with Crippen molar-refractivity contribution >= 4 is 10.8 Å². The Morgan fingerprint density at radius 3 is 3.00 bits per heavy atom. The first kappa shape index (κ1) is 13.0. The van der Waals surface area contributed by atoms with E-state index in [1.54, 1.807) is 19.5 Å². The first-order chi connectivity index (χ1) is 8.83. The third kappa shape index (κ3) is 3.04. The molecular weight excluding hydrogens is 230 g/mol. The minimum Gasteiger partial charge on any atom is -0.386 e. The van der Waals surface area contributed by atoms with Gasteiger partial charge in [0, 0.05) is 24.9 Å². The van der Waals surface area contributed by atoms with Crippen LogP contribution in [0.1, 0.15) is 11.7 Å². The van der Waals surface area contributed by atoms with Gasteiger partial charge in [0.1, 0.15) is 6.10 Å². The number of hydrogen-bond donors (Lipinski definition) is 1. The largest absolute Gasteiger partial charge is 0.386 e. The van der Waals surface area contributed by atoms with Gasteiger partial charge in [-0.3, -0.25) is 4.98 Å². The van der Waals surface area contributed by atoms with E-state index in [-0.39, 0.29) is 6.61 Å². The van der Waals surface area contributed by atoms with Crippen LogP contribution < -0.4 is 0 Å². The topological polar surface area (TPSA) is 51.6 Å². The van der Waals surface area contributed by atoms with Gasteiger partial charge in [-0.1, -0.05) is 18.2 Å². The Morgan fingerprint density at radius 1 is 1.28 bits per heavy atom. The quantitative estimate of drug-likeness (QED) is 0.792. The summed E-state index contributed by atoms with van der Waals surface area (Å²) in [6.45, 7) is 1.28. The van der Waals surface area contributed by atoms with Gasteiger partial charge < -0.3 is 14.6 Å². The number of benzene rings is 1. The van der Waals surface area contributed by atoms with Gasteiger partial charge >= 0.3 is 0 Å². The number of aliphatic hydroxyl groups excluding tert-OH is 1. The molecule has 1 aromatic heterocycles. The summed E-state index contributed by atoms with van der Waals surface area (Å²) in [6, 6.07) is 7.75. The smallest absolute Gasteiger partial charge is 0.103 e. The third-order valence-corrected chi connectivity index (χ3v) is 2.78. The molecule has 1 aromatic carbocycles. The molecule has 1 N–H and O–H groups in total. The highest BCUT2D eigenvalue weighted by molar-refractivity contribution is 5.85. The number of pyridine rings is 1. The van der Waals surface area contributed by atoms with Crippen molar-refractivity contribution in [1.29, 1.82) is 0 Å². The molecule has 1 heterocycles. The van der Waals surface area contributed by atoms with Crippen LogP contribution >= 0.6 is 0 Å². The lowest BCUT2D eigenvalue weighted by atomic mass is 10.0. The Morgan fingerprint density at radius 2 is 2.17 bits per heavy atom. The van der Waals surface area contributed by atoms with E-state index in [9.17, 15) is 5.11 Å². The molecule has 96 valence electrons. The lowest BCUT2D eigenvalue weighted by Gasteiger charge is -2.13. The first-order valence-electron chi connectivity index (χ1n) is 5.90. The normalized spacial score (nSPS) is 12.8. The van der Waals surface area contributed by atoms with Gasteiger partial charge in [-0.15, -0.1) is 0 Å². The summed E-state index contributed by atoms with van der Waals surface area (Å²) >= 11 is 0. The molecule has 1 atom stereocenters. The van der Waals surface area contributed by atoms with Gasteiger partial charge in [0.2, 0.25) is 0 Å².